The Morgan fingerprint density at radius 1 is 0.684 bits per heavy atom. The van der Waals surface area contributed by atoms with Gasteiger partial charge < -0.3 is 29.7 Å². The van der Waals surface area contributed by atoms with E-state index in [2.05, 4.69) is 19.7 Å². The minimum absolute atomic E-state index is 0. The van der Waals surface area contributed by atoms with Crippen molar-refractivity contribution in [2.24, 2.45) is 0 Å². The van der Waals surface area contributed by atoms with Crippen LogP contribution in [0.3, 0.4) is 0 Å². The van der Waals surface area contributed by atoms with Crippen LogP contribution in [0.15, 0.2) is 38.0 Å². The molecule has 0 aliphatic carbocycles. The molecule has 0 saturated carbocycles. The van der Waals surface area contributed by atoms with Crippen LogP contribution in [0.5, 0.6) is 0 Å². The molecule has 0 unspecified atom stereocenters. The molecule has 0 aromatic carbocycles. The van der Waals surface area contributed by atoms with Gasteiger partial charge in [-0.15, -0.1) is 19.7 Å². The molecule has 110 valence electrons. The SMILES string of the molecule is C=CCC(=O)[O-].C=CCC(=O)[O-].C=CCC(=O)[O-].[Au+3]. The van der Waals surface area contributed by atoms with E-state index in [1.165, 1.54) is 18.2 Å². The third-order valence-electron chi connectivity index (χ3n) is 0.933. The second-order valence-corrected chi connectivity index (χ2v) is 2.59. The zero-order valence-corrected chi connectivity index (χ0v) is 12.4. The van der Waals surface area contributed by atoms with Gasteiger partial charge in [0.1, 0.15) is 0 Å². The summed E-state index contributed by atoms with van der Waals surface area (Å²) in [5.74, 6) is -3.24. The Hall–Kier alpha value is -1.63. The van der Waals surface area contributed by atoms with E-state index in [0.29, 0.717) is 0 Å². The van der Waals surface area contributed by atoms with Gasteiger partial charge in [0.15, 0.2) is 0 Å². The van der Waals surface area contributed by atoms with Gasteiger partial charge in [-0.05, 0) is 0 Å². The summed E-state index contributed by atoms with van der Waals surface area (Å²) >= 11 is 0. The van der Waals surface area contributed by atoms with Gasteiger partial charge in [0, 0.05) is 37.2 Å². The summed E-state index contributed by atoms with van der Waals surface area (Å²) in [5, 5.41) is 28.3. The molecular formula is C12H15AuO6. The van der Waals surface area contributed by atoms with Gasteiger partial charge >= 0.3 is 22.4 Å². The fraction of sp³-hybridized carbons (Fsp3) is 0.250. The van der Waals surface area contributed by atoms with Gasteiger partial charge in [0.25, 0.3) is 0 Å². The first kappa shape index (κ1) is 26.0. The molecule has 0 atom stereocenters. The van der Waals surface area contributed by atoms with E-state index in [1.807, 2.05) is 0 Å². The van der Waals surface area contributed by atoms with Gasteiger partial charge in [-0.3, -0.25) is 0 Å². The molecule has 0 bridgehead atoms. The molecule has 0 rings (SSSR count). The zero-order valence-electron chi connectivity index (χ0n) is 10.2. The Morgan fingerprint density at radius 2 is 0.842 bits per heavy atom. The molecule has 0 fully saturated rings. The van der Waals surface area contributed by atoms with Crippen LogP contribution < -0.4 is 15.3 Å². The Morgan fingerprint density at radius 3 is 0.842 bits per heavy atom. The number of aliphatic carboxylic acids is 3. The van der Waals surface area contributed by atoms with Crippen LogP contribution in [0.2, 0.25) is 0 Å². The number of rotatable bonds is 6. The van der Waals surface area contributed by atoms with E-state index >= 15 is 0 Å². The average Bonchev–Trinajstić information content (AvgIpc) is 2.18. The molecule has 0 aromatic heterocycles. The molecule has 0 aliphatic rings. The molecule has 0 heterocycles. The molecule has 0 spiro atoms. The number of hydrogen-bond donors (Lipinski definition) is 0. The third kappa shape index (κ3) is 62.2. The molecule has 19 heavy (non-hydrogen) atoms. The van der Waals surface area contributed by atoms with Crippen molar-refractivity contribution in [3.05, 3.63) is 38.0 Å². The smallest absolute Gasteiger partial charge is 0.550 e. The number of carboxylic acids is 3. The van der Waals surface area contributed by atoms with Gasteiger partial charge in [-0.25, -0.2) is 0 Å². The van der Waals surface area contributed by atoms with E-state index in [-0.39, 0.29) is 41.6 Å². The Bertz CT molecular complexity index is 251. The van der Waals surface area contributed by atoms with Crippen LogP contribution in [0.25, 0.3) is 0 Å². The molecule has 0 amide bonds. The second kappa shape index (κ2) is 21.6. The fourth-order valence-corrected chi connectivity index (χ4v) is 0.354. The molecule has 0 aliphatic heterocycles. The zero-order chi connectivity index (χ0) is 15.0. The first-order valence-corrected chi connectivity index (χ1v) is 4.73. The van der Waals surface area contributed by atoms with Crippen LogP contribution in [0, 0.1) is 0 Å². The maximum Gasteiger partial charge on any atom is 3.00 e. The van der Waals surface area contributed by atoms with Gasteiger partial charge in [-0.1, -0.05) is 18.2 Å². The maximum atomic E-state index is 9.42. The predicted octanol–water partition coefficient (Wildman–Crippen LogP) is -2.07. The Kier molecular flexibility index (Phi) is 29.6. The summed E-state index contributed by atoms with van der Waals surface area (Å²) in [5.41, 5.74) is 0. The monoisotopic (exact) mass is 452 g/mol. The second-order valence-electron chi connectivity index (χ2n) is 2.59. The van der Waals surface area contributed by atoms with E-state index in [1.54, 1.807) is 0 Å². The van der Waals surface area contributed by atoms with E-state index in [4.69, 9.17) is 0 Å². The molecule has 0 saturated heterocycles. The Balaban J connectivity index is -0.0000000865. The van der Waals surface area contributed by atoms with Crippen molar-refractivity contribution in [1.82, 2.24) is 0 Å². The molecule has 0 radical (unpaired) electrons. The largest absolute Gasteiger partial charge is 3.00 e. The van der Waals surface area contributed by atoms with Crippen molar-refractivity contribution in [3.8, 4) is 0 Å². The van der Waals surface area contributed by atoms with E-state index < -0.39 is 17.9 Å². The van der Waals surface area contributed by atoms with Crippen molar-refractivity contribution in [3.63, 3.8) is 0 Å². The number of hydrogen-bond acceptors (Lipinski definition) is 6. The van der Waals surface area contributed by atoms with Gasteiger partial charge in [-0.2, -0.15) is 0 Å². The number of carbonyl (C=O) groups is 3. The standard InChI is InChI=1S/3C4H6O2.Au/c3*1-2-3-4(5)6;/h3*2H,1,3H2,(H,5,6);/q;;;+3/p-3. The van der Waals surface area contributed by atoms with Crippen LogP contribution in [-0.4, -0.2) is 17.9 Å². The number of carbonyl (C=O) groups excluding carboxylic acids is 3. The molecule has 0 N–H and O–H groups in total. The first-order chi connectivity index (χ1) is 8.31. The van der Waals surface area contributed by atoms with Crippen LogP contribution in [0.4, 0.5) is 0 Å². The summed E-state index contributed by atoms with van der Waals surface area (Å²) in [4.78, 5) is 28.3. The van der Waals surface area contributed by atoms with Crippen LogP contribution >= 0.6 is 0 Å². The van der Waals surface area contributed by atoms with Crippen molar-refractivity contribution >= 4 is 17.9 Å². The average molecular weight is 452 g/mol. The maximum absolute atomic E-state index is 9.42. The van der Waals surface area contributed by atoms with Crippen molar-refractivity contribution in [2.45, 2.75) is 19.3 Å². The molecule has 7 heteroatoms. The molecular weight excluding hydrogens is 437 g/mol. The van der Waals surface area contributed by atoms with Crippen molar-refractivity contribution in [2.75, 3.05) is 0 Å². The molecule has 6 nitrogen and oxygen atoms in total. The minimum Gasteiger partial charge on any atom is -0.550 e. The summed E-state index contributed by atoms with van der Waals surface area (Å²) in [7, 11) is 0. The van der Waals surface area contributed by atoms with Gasteiger partial charge in [0.05, 0.1) is 0 Å². The topological polar surface area (TPSA) is 120 Å². The summed E-state index contributed by atoms with van der Waals surface area (Å²) in [6, 6.07) is 0. The summed E-state index contributed by atoms with van der Waals surface area (Å²) in [6.45, 7) is 9.54. The van der Waals surface area contributed by atoms with Crippen LogP contribution in [-0.2, 0) is 36.8 Å². The van der Waals surface area contributed by atoms with Crippen molar-refractivity contribution < 1.29 is 52.1 Å². The number of carboxylic acid groups (broad SMARTS) is 3. The quantitative estimate of drug-likeness (QED) is 0.338. The van der Waals surface area contributed by atoms with Gasteiger partial charge in [0.2, 0.25) is 0 Å². The normalized spacial score (nSPS) is 6.95. The Labute approximate surface area is 127 Å². The summed E-state index contributed by atoms with van der Waals surface area (Å²) < 4.78 is 0. The van der Waals surface area contributed by atoms with Crippen molar-refractivity contribution in [1.29, 1.82) is 0 Å². The first-order valence-electron chi connectivity index (χ1n) is 4.73. The minimum atomic E-state index is -1.08. The predicted molar refractivity (Wildman–Crippen MR) is 59.5 cm³/mol. The third-order valence-corrected chi connectivity index (χ3v) is 0.933. The van der Waals surface area contributed by atoms with E-state index in [0.717, 1.165) is 0 Å². The molecule has 0 aromatic rings. The van der Waals surface area contributed by atoms with Crippen LogP contribution in [0.1, 0.15) is 19.3 Å². The summed E-state index contributed by atoms with van der Waals surface area (Å²) in [6.07, 6.45) is 3.69. The van der Waals surface area contributed by atoms with E-state index in [9.17, 15) is 29.7 Å². The fourth-order valence-electron chi connectivity index (χ4n) is 0.354.